The summed E-state index contributed by atoms with van der Waals surface area (Å²) in [6.45, 7) is 0. The van der Waals surface area contributed by atoms with Gasteiger partial charge in [-0.2, -0.15) is 0 Å². The number of nitrogens with zero attached hydrogens (tertiary/aromatic N) is 1. The van der Waals surface area contributed by atoms with E-state index in [1.165, 1.54) is 0 Å². The Balaban J connectivity index is 3.25. The lowest BCUT2D eigenvalue weighted by Gasteiger charge is -2.04. The summed E-state index contributed by atoms with van der Waals surface area (Å²) in [7, 11) is 1.66. The van der Waals surface area contributed by atoms with E-state index in [0.29, 0.717) is 0 Å². The highest BCUT2D eigenvalue weighted by atomic mass is 127. The molecular formula is C6H4I3NO. The van der Waals surface area contributed by atoms with E-state index in [-0.39, 0.29) is 0 Å². The van der Waals surface area contributed by atoms with Crippen LogP contribution in [0.25, 0.3) is 0 Å². The lowest BCUT2D eigenvalue weighted by Crippen LogP contribution is -1.95. The molecule has 1 rings (SSSR count). The molecule has 0 saturated heterocycles. The highest BCUT2D eigenvalue weighted by molar-refractivity contribution is 14.1. The Hall–Kier alpha value is 1.14. The van der Waals surface area contributed by atoms with Gasteiger partial charge in [-0.25, -0.2) is 4.98 Å². The number of ether oxygens (including phenoxy) is 1. The second-order valence-electron chi connectivity index (χ2n) is 1.75. The molecule has 5 heteroatoms. The quantitative estimate of drug-likeness (QED) is 0.450. The zero-order valence-electron chi connectivity index (χ0n) is 5.57. The molecule has 0 radical (unpaired) electrons. The highest BCUT2D eigenvalue weighted by Crippen LogP contribution is 2.26. The molecule has 0 N–H and O–H groups in total. The zero-order chi connectivity index (χ0) is 8.43. The summed E-state index contributed by atoms with van der Waals surface area (Å²) < 4.78 is 8.17. The van der Waals surface area contributed by atoms with Crippen LogP contribution in [0.15, 0.2) is 6.07 Å². The van der Waals surface area contributed by atoms with Gasteiger partial charge in [-0.05, 0) is 73.8 Å². The maximum Gasteiger partial charge on any atom is 0.164 e. The standard InChI is InChI=1S/C6H4I3NO/c1-11-5-3(7)2-4(8)10-6(5)9/h2H,1H3. The van der Waals surface area contributed by atoms with Crippen LogP contribution in [0.4, 0.5) is 0 Å². The summed E-state index contributed by atoms with van der Waals surface area (Å²) in [4.78, 5) is 4.25. The van der Waals surface area contributed by atoms with E-state index in [1.807, 2.05) is 6.07 Å². The van der Waals surface area contributed by atoms with Gasteiger partial charge in [0.2, 0.25) is 0 Å². The van der Waals surface area contributed by atoms with E-state index in [4.69, 9.17) is 4.74 Å². The Bertz CT molecular complexity index is 254. The van der Waals surface area contributed by atoms with Gasteiger partial charge in [0, 0.05) is 0 Å². The van der Waals surface area contributed by atoms with Crippen LogP contribution >= 0.6 is 67.8 Å². The predicted molar refractivity (Wildman–Crippen MR) is 68.9 cm³/mol. The van der Waals surface area contributed by atoms with Crippen LogP contribution in [-0.4, -0.2) is 12.1 Å². The van der Waals surface area contributed by atoms with Crippen LogP contribution in [-0.2, 0) is 0 Å². The Morgan fingerprint density at radius 3 is 2.45 bits per heavy atom. The van der Waals surface area contributed by atoms with Crippen LogP contribution < -0.4 is 4.74 Å². The number of rotatable bonds is 1. The van der Waals surface area contributed by atoms with E-state index < -0.39 is 0 Å². The molecule has 1 heterocycles. The van der Waals surface area contributed by atoms with Crippen molar-refractivity contribution in [3.63, 3.8) is 0 Å². The lowest BCUT2D eigenvalue weighted by molar-refractivity contribution is 0.406. The fourth-order valence-electron chi connectivity index (χ4n) is 0.627. The van der Waals surface area contributed by atoms with Gasteiger partial charge in [-0.1, -0.05) is 0 Å². The van der Waals surface area contributed by atoms with E-state index in [9.17, 15) is 0 Å². The average molecular weight is 487 g/mol. The van der Waals surface area contributed by atoms with Crippen LogP contribution in [0.1, 0.15) is 0 Å². The molecule has 0 aliphatic heterocycles. The molecule has 0 atom stereocenters. The smallest absolute Gasteiger partial charge is 0.164 e. The molecule has 1 aromatic heterocycles. The highest BCUT2D eigenvalue weighted by Gasteiger charge is 2.06. The summed E-state index contributed by atoms with van der Waals surface area (Å²) in [6, 6.07) is 1.99. The summed E-state index contributed by atoms with van der Waals surface area (Å²) >= 11 is 6.59. The van der Waals surface area contributed by atoms with Crippen LogP contribution in [0, 0.1) is 11.0 Å². The van der Waals surface area contributed by atoms with Crippen molar-refractivity contribution in [2.45, 2.75) is 0 Å². The molecule has 1 aromatic rings. The van der Waals surface area contributed by atoms with Crippen molar-refractivity contribution in [1.82, 2.24) is 4.98 Å². The fourth-order valence-corrected chi connectivity index (χ4v) is 4.29. The van der Waals surface area contributed by atoms with Gasteiger partial charge in [0.15, 0.2) is 5.75 Å². The second kappa shape index (κ2) is 4.40. The van der Waals surface area contributed by atoms with Crippen molar-refractivity contribution in [2.24, 2.45) is 0 Å². The molecule has 0 aliphatic carbocycles. The number of pyridine rings is 1. The van der Waals surface area contributed by atoms with E-state index >= 15 is 0 Å². The average Bonchev–Trinajstić information content (AvgIpc) is 1.85. The van der Waals surface area contributed by atoms with E-state index in [2.05, 4.69) is 72.8 Å². The number of hydrogen-bond acceptors (Lipinski definition) is 2. The minimum atomic E-state index is 0.867. The maximum absolute atomic E-state index is 5.15. The van der Waals surface area contributed by atoms with Gasteiger partial charge in [0.25, 0.3) is 0 Å². The minimum Gasteiger partial charge on any atom is -0.493 e. The van der Waals surface area contributed by atoms with Crippen LogP contribution in [0.2, 0.25) is 0 Å². The van der Waals surface area contributed by atoms with E-state index in [0.717, 1.165) is 16.7 Å². The summed E-state index contributed by atoms with van der Waals surface area (Å²) in [5.41, 5.74) is 0. The molecule has 0 bridgehead atoms. The third kappa shape index (κ3) is 2.54. The molecule has 0 aliphatic rings. The normalized spacial score (nSPS) is 9.82. The van der Waals surface area contributed by atoms with Gasteiger partial charge in [-0.3, -0.25) is 0 Å². The van der Waals surface area contributed by atoms with Crippen molar-refractivity contribution in [2.75, 3.05) is 7.11 Å². The first-order valence-electron chi connectivity index (χ1n) is 2.70. The van der Waals surface area contributed by atoms with Gasteiger partial charge in [0.1, 0.15) is 7.40 Å². The van der Waals surface area contributed by atoms with Crippen LogP contribution in [0.3, 0.4) is 0 Å². The number of halogens is 3. The topological polar surface area (TPSA) is 22.1 Å². The van der Waals surface area contributed by atoms with Gasteiger partial charge >= 0.3 is 0 Å². The van der Waals surface area contributed by atoms with Crippen molar-refractivity contribution >= 4 is 67.8 Å². The van der Waals surface area contributed by atoms with Crippen molar-refractivity contribution in [1.29, 1.82) is 0 Å². The SMILES string of the molecule is COc1c(I)cc(I)nc1I. The monoisotopic (exact) mass is 487 g/mol. The van der Waals surface area contributed by atoms with Crippen molar-refractivity contribution in [3.05, 3.63) is 17.0 Å². The van der Waals surface area contributed by atoms with Crippen LogP contribution in [0.5, 0.6) is 5.75 Å². The molecular weight excluding hydrogens is 483 g/mol. The Kier molecular flexibility index (Phi) is 4.09. The third-order valence-electron chi connectivity index (χ3n) is 1.06. The third-order valence-corrected chi connectivity index (χ3v) is 3.14. The fraction of sp³-hybridized carbons (Fsp3) is 0.167. The molecule has 2 nitrogen and oxygen atoms in total. The first-order chi connectivity index (χ1) is 5.15. The van der Waals surface area contributed by atoms with Crippen molar-refractivity contribution in [3.8, 4) is 5.75 Å². The first kappa shape index (κ1) is 10.2. The predicted octanol–water partition coefficient (Wildman–Crippen LogP) is 2.90. The van der Waals surface area contributed by atoms with Gasteiger partial charge in [-0.15, -0.1) is 0 Å². The minimum absolute atomic E-state index is 0.867. The number of hydrogen-bond donors (Lipinski definition) is 0. The summed E-state index contributed by atoms with van der Waals surface area (Å²) in [5, 5.41) is 0. The zero-order valence-corrected chi connectivity index (χ0v) is 12.0. The molecule has 0 spiro atoms. The molecule has 60 valence electrons. The maximum atomic E-state index is 5.15. The van der Waals surface area contributed by atoms with Gasteiger partial charge < -0.3 is 4.74 Å². The Morgan fingerprint density at radius 1 is 1.36 bits per heavy atom. The summed E-state index contributed by atoms with van der Waals surface area (Å²) in [5.74, 6) is 0.867. The van der Waals surface area contributed by atoms with E-state index in [1.54, 1.807) is 7.11 Å². The van der Waals surface area contributed by atoms with Gasteiger partial charge in [0.05, 0.1) is 10.7 Å². The lowest BCUT2D eigenvalue weighted by atomic mass is 10.5. The molecule has 0 amide bonds. The molecule has 0 saturated carbocycles. The van der Waals surface area contributed by atoms with Crippen molar-refractivity contribution < 1.29 is 4.74 Å². The molecule has 0 fully saturated rings. The molecule has 0 unspecified atom stereocenters. The Labute approximate surface area is 106 Å². The Morgan fingerprint density at radius 2 is 2.00 bits per heavy atom. The second-order valence-corrected chi connectivity index (χ2v) is 5.04. The largest absolute Gasteiger partial charge is 0.493 e. The molecule has 0 aromatic carbocycles. The number of methoxy groups -OCH3 is 1. The first-order valence-corrected chi connectivity index (χ1v) is 5.94. The number of aromatic nitrogens is 1. The molecule has 11 heavy (non-hydrogen) atoms. The summed E-state index contributed by atoms with van der Waals surface area (Å²) in [6.07, 6.45) is 0.